The van der Waals surface area contributed by atoms with E-state index in [4.69, 9.17) is 16.3 Å². The molecule has 1 N–H and O–H groups in total. The number of hydrogen-bond donors (Lipinski definition) is 1. The van der Waals surface area contributed by atoms with E-state index in [9.17, 15) is 4.39 Å². The second-order valence-electron chi connectivity index (χ2n) is 6.42. The number of methoxy groups -OCH3 is 1. The van der Waals surface area contributed by atoms with Gasteiger partial charge in [0.15, 0.2) is 0 Å². The Hall–Kier alpha value is -3.10. The number of anilines is 2. The molecule has 0 atom stereocenters. The van der Waals surface area contributed by atoms with E-state index in [-0.39, 0.29) is 5.02 Å². The fourth-order valence-electron chi connectivity index (χ4n) is 2.94. The Kier molecular flexibility index (Phi) is 5.64. The topological polar surface area (TPSA) is 77.8 Å². The predicted octanol–water partition coefficient (Wildman–Crippen LogP) is 4.46. The second kappa shape index (κ2) is 8.50. The van der Waals surface area contributed by atoms with Gasteiger partial charge in [-0.3, -0.25) is 4.68 Å². The molecule has 4 rings (SSSR count). The summed E-state index contributed by atoms with van der Waals surface area (Å²) < 4.78 is 20.3. The highest BCUT2D eigenvalue weighted by Crippen LogP contribution is 2.29. The largest absolute Gasteiger partial charge is 0.385 e. The monoisotopic (exact) mass is 412 g/mol. The van der Waals surface area contributed by atoms with Crippen LogP contribution in [0, 0.1) is 5.82 Å². The first-order valence-electron chi connectivity index (χ1n) is 9.00. The molecule has 9 heteroatoms. The van der Waals surface area contributed by atoms with Gasteiger partial charge < -0.3 is 10.1 Å². The average molecular weight is 413 g/mol. The zero-order valence-corrected chi connectivity index (χ0v) is 16.4. The number of nitrogens with one attached hydrogen (secondary N) is 1. The summed E-state index contributed by atoms with van der Waals surface area (Å²) >= 11 is 5.88. The molecule has 0 saturated heterocycles. The normalized spacial score (nSPS) is 11.1. The number of benzene rings is 2. The van der Waals surface area contributed by atoms with E-state index in [1.54, 1.807) is 17.9 Å². The van der Waals surface area contributed by atoms with Crippen LogP contribution in [0.4, 0.5) is 15.9 Å². The second-order valence-corrected chi connectivity index (χ2v) is 6.83. The van der Waals surface area contributed by atoms with Crippen molar-refractivity contribution < 1.29 is 9.13 Å². The van der Waals surface area contributed by atoms with Crippen LogP contribution in [0.2, 0.25) is 5.02 Å². The SMILES string of the molecule is COCCCn1cc(-c2ccc3ncnc(Nc4ccc(F)c(Cl)c4)c3c2)nn1. The summed E-state index contributed by atoms with van der Waals surface area (Å²) in [4.78, 5) is 8.64. The van der Waals surface area contributed by atoms with Crippen molar-refractivity contribution in [2.45, 2.75) is 13.0 Å². The molecule has 0 aliphatic carbocycles. The van der Waals surface area contributed by atoms with Crippen LogP contribution < -0.4 is 5.32 Å². The van der Waals surface area contributed by atoms with Gasteiger partial charge >= 0.3 is 0 Å². The first-order valence-corrected chi connectivity index (χ1v) is 9.38. The highest BCUT2D eigenvalue weighted by atomic mass is 35.5. The molecular weight excluding hydrogens is 395 g/mol. The third-order valence-electron chi connectivity index (χ3n) is 4.39. The summed E-state index contributed by atoms with van der Waals surface area (Å²) in [6, 6.07) is 10.2. The Bertz CT molecular complexity index is 1150. The molecule has 0 amide bonds. The van der Waals surface area contributed by atoms with E-state index in [0.29, 0.717) is 18.1 Å². The van der Waals surface area contributed by atoms with Crippen molar-refractivity contribution in [3.8, 4) is 11.3 Å². The third-order valence-corrected chi connectivity index (χ3v) is 4.68. The van der Waals surface area contributed by atoms with Gasteiger partial charge in [0, 0.05) is 36.9 Å². The summed E-state index contributed by atoms with van der Waals surface area (Å²) in [5.41, 5.74) is 3.05. The Labute approximate surface area is 171 Å². The quantitative estimate of drug-likeness (QED) is 0.451. The molecule has 0 spiro atoms. The van der Waals surface area contributed by atoms with E-state index in [0.717, 1.165) is 35.1 Å². The molecule has 4 aromatic rings. The minimum atomic E-state index is -0.472. The van der Waals surface area contributed by atoms with Crippen LogP contribution >= 0.6 is 11.6 Å². The van der Waals surface area contributed by atoms with Gasteiger partial charge in [-0.2, -0.15) is 0 Å². The van der Waals surface area contributed by atoms with Gasteiger partial charge in [0.05, 0.1) is 16.7 Å². The van der Waals surface area contributed by atoms with Gasteiger partial charge in [-0.25, -0.2) is 14.4 Å². The molecule has 7 nitrogen and oxygen atoms in total. The molecule has 0 bridgehead atoms. The van der Waals surface area contributed by atoms with Crippen molar-refractivity contribution in [1.82, 2.24) is 25.0 Å². The molecule has 2 heterocycles. The Morgan fingerprint density at radius 2 is 2.07 bits per heavy atom. The first kappa shape index (κ1) is 19.2. The number of halogens is 2. The van der Waals surface area contributed by atoms with Crippen LogP contribution in [-0.4, -0.2) is 38.7 Å². The Morgan fingerprint density at radius 1 is 1.17 bits per heavy atom. The van der Waals surface area contributed by atoms with Crippen LogP contribution in [-0.2, 0) is 11.3 Å². The smallest absolute Gasteiger partial charge is 0.141 e. The zero-order chi connectivity index (χ0) is 20.2. The lowest BCUT2D eigenvalue weighted by molar-refractivity contribution is 0.189. The summed E-state index contributed by atoms with van der Waals surface area (Å²) in [6.45, 7) is 1.40. The van der Waals surface area contributed by atoms with Crippen LogP contribution in [0.5, 0.6) is 0 Å². The fourth-order valence-corrected chi connectivity index (χ4v) is 3.12. The predicted molar refractivity (Wildman–Crippen MR) is 110 cm³/mol. The first-order chi connectivity index (χ1) is 14.1. The van der Waals surface area contributed by atoms with Gasteiger partial charge in [-0.05, 0) is 36.8 Å². The van der Waals surface area contributed by atoms with Crippen molar-refractivity contribution in [3.63, 3.8) is 0 Å². The Balaban J connectivity index is 1.64. The van der Waals surface area contributed by atoms with Gasteiger partial charge in [-0.1, -0.05) is 22.9 Å². The summed E-state index contributed by atoms with van der Waals surface area (Å²) in [6.07, 6.45) is 4.23. The Morgan fingerprint density at radius 3 is 2.90 bits per heavy atom. The lowest BCUT2D eigenvalue weighted by Crippen LogP contribution is -2.01. The number of aryl methyl sites for hydroxylation is 1. The molecule has 0 saturated carbocycles. The maximum Gasteiger partial charge on any atom is 0.141 e. The van der Waals surface area contributed by atoms with Crippen molar-refractivity contribution in [2.24, 2.45) is 0 Å². The lowest BCUT2D eigenvalue weighted by atomic mass is 10.1. The standard InChI is InChI=1S/C20H18ClFN6O/c1-29-8-2-7-28-11-19(26-27-28)13-3-6-18-15(9-13)20(24-12-23-18)25-14-4-5-17(22)16(21)10-14/h3-6,9-12H,2,7-8H2,1H3,(H,23,24,25). The van der Waals surface area contributed by atoms with Crippen LogP contribution in [0.15, 0.2) is 48.9 Å². The molecule has 2 aromatic heterocycles. The number of ether oxygens (including phenoxy) is 1. The molecule has 0 fully saturated rings. The minimum absolute atomic E-state index is 0.0409. The van der Waals surface area contributed by atoms with E-state index in [2.05, 4.69) is 25.6 Å². The highest BCUT2D eigenvalue weighted by molar-refractivity contribution is 6.31. The average Bonchev–Trinajstić information content (AvgIpc) is 3.20. The number of nitrogens with zero attached hydrogens (tertiary/aromatic N) is 5. The van der Waals surface area contributed by atoms with Crippen molar-refractivity contribution in [2.75, 3.05) is 19.0 Å². The minimum Gasteiger partial charge on any atom is -0.385 e. The maximum absolute atomic E-state index is 13.4. The molecule has 0 aliphatic heterocycles. The number of rotatable bonds is 7. The highest BCUT2D eigenvalue weighted by Gasteiger charge is 2.10. The van der Waals surface area contributed by atoms with Crippen molar-refractivity contribution >= 4 is 34.0 Å². The summed E-state index contributed by atoms with van der Waals surface area (Å²) in [7, 11) is 1.68. The van der Waals surface area contributed by atoms with Gasteiger partial charge in [0.25, 0.3) is 0 Å². The molecule has 2 aromatic carbocycles. The van der Waals surface area contributed by atoms with Crippen LogP contribution in [0.25, 0.3) is 22.2 Å². The molecule has 148 valence electrons. The third kappa shape index (κ3) is 4.33. The number of fused-ring (bicyclic) bond motifs is 1. The van der Waals surface area contributed by atoms with Crippen LogP contribution in [0.3, 0.4) is 0 Å². The van der Waals surface area contributed by atoms with Crippen LogP contribution in [0.1, 0.15) is 6.42 Å². The zero-order valence-electron chi connectivity index (χ0n) is 15.6. The van der Waals surface area contributed by atoms with E-state index >= 15 is 0 Å². The molecule has 0 unspecified atom stereocenters. The van der Waals surface area contributed by atoms with Gasteiger partial charge in [-0.15, -0.1) is 5.10 Å². The number of aromatic nitrogens is 5. The molecule has 29 heavy (non-hydrogen) atoms. The van der Waals surface area contributed by atoms with Crippen molar-refractivity contribution in [1.29, 1.82) is 0 Å². The summed E-state index contributed by atoms with van der Waals surface area (Å²) in [5.74, 6) is 0.118. The van der Waals surface area contributed by atoms with E-state index in [1.165, 1.54) is 18.5 Å². The molecule has 0 radical (unpaired) electrons. The van der Waals surface area contributed by atoms with Crippen molar-refractivity contribution in [3.05, 3.63) is 59.8 Å². The lowest BCUT2D eigenvalue weighted by Gasteiger charge is -2.09. The molecular formula is C20H18ClFN6O. The fraction of sp³-hybridized carbons (Fsp3) is 0.200. The number of hydrogen-bond acceptors (Lipinski definition) is 6. The summed E-state index contributed by atoms with van der Waals surface area (Å²) in [5, 5.41) is 12.4. The van der Waals surface area contributed by atoms with E-state index < -0.39 is 5.82 Å². The van der Waals surface area contributed by atoms with Gasteiger partial charge in [0.1, 0.15) is 23.7 Å². The maximum atomic E-state index is 13.4. The van der Waals surface area contributed by atoms with Gasteiger partial charge in [0.2, 0.25) is 0 Å². The van der Waals surface area contributed by atoms with E-state index in [1.807, 2.05) is 24.4 Å². The molecule has 0 aliphatic rings.